The van der Waals surface area contributed by atoms with Gasteiger partial charge in [0.25, 0.3) is 5.91 Å². The number of nitro groups is 1. The molecular formula is C24H26FN5O3. The second-order valence-electron chi connectivity index (χ2n) is 8.33. The van der Waals surface area contributed by atoms with Crippen LogP contribution in [-0.2, 0) is 13.1 Å². The van der Waals surface area contributed by atoms with Crippen molar-refractivity contribution in [2.45, 2.75) is 26.9 Å². The molecule has 4 rings (SSSR count). The van der Waals surface area contributed by atoms with Crippen LogP contribution in [0.25, 0.3) is 0 Å². The topological polar surface area (TPSA) is 84.5 Å². The molecule has 0 aliphatic carbocycles. The van der Waals surface area contributed by atoms with Gasteiger partial charge in [-0.05, 0) is 49.2 Å². The van der Waals surface area contributed by atoms with Gasteiger partial charge in [0.05, 0.1) is 11.5 Å². The monoisotopic (exact) mass is 451 g/mol. The predicted octanol–water partition coefficient (Wildman–Crippen LogP) is 3.55. The Balaban J connectivity index is 1.39. The Hall–Kier alpha value is -3.59. The summed E-state index contributed by atoms with van der Waals surface area (Å²) in [7, 11) is 0. The maximum Gasteiger partial charge on any atom is 0.312 e. The summed E-state index contributed by atoms with van der Waals surface area (Å²) in [5.74, 6) is -0.280. The van der Waals surface area contributed by atoms with Crippen molar-refractivity contribution in [1.29, 1.82) is 0 Å². The number of nitrogens with zero attached hydrogens (tertiary/aromatic N) is 5. The molecule has 9 heteroatoms. The summed E-state index contributed by atoms with van der Waals surface area (Å²) in [6.45, 7) is 6.94. The van der Waals surface area contributed by atoms with Gasteiger partial charge in [0, 0.05) is 38.3 Å². The number of carbonyl (C=O) groups excluding carboxylic acids is 1. The van der Waals surface area contributed by atoms with Crippen molar-refractivity contribution in [2.24, 2.45) is 0 Å². The lowest BCUT2D eigenvalue weighted by Gasteiger charge is -2.34. The first kappa shape index (κ1) is 22.6. The summed E-state index contributed by atoms with van der Waals surface area (Å²) in [5.41, 5.74) is 3.25. The Morgan fingerprint density at radius 3 is 2.33 bits per heavy atom. The summed E-state index contributed by atoms with van der Waals surface area (Å²) in [5, 5.41) is 15.5. The van der Waals surface area contributed by atoms with E-state index in [4.69, 9.17) is 0 Å². The van der Waals surface area contributed by atoms with Crippen molar-refractivity contribution in [2.75, 3.05) is 26.2 Å². The van der Waals surface area contributed by atoms with Crippen LogP contribution < -0.4 is 0 Å². The smallest absolute Gasteiger partial charge is 0.312 e. The Kier molecular flexibility index (Phi) is 6.50. The Morgan fingerprint density at radius 2 is 1.70 bits per heavy atom. The number of amides is 1. The van der Waals surface area contributed by atoms with Gasteiger partial charge in [-0.25, -0.2) is 4.39 Å². The molecule has 2 aromatic carbocycles. The summed E-state index contributed by atoms with van der Waals surface area (Å²) in [4.78, 5) is 28.0. The van der Waals surface area contributed by atoms with E-state index in [0.29, 0.717) is 43.1 Å². The van der Waals surface area contributed by atoms with Gasteiger partial charge < -0.3 is 4.90 Å². The highest BCUT2D eigenvalue weighted by Gasteiger charge is 2.24. The Bertz CT molecular complexity index is 1180. The van der Waals surface area contributed by atoms with Crippen LogP contribution in [-0.4, -0.2) is 56.6 Å². The first-order valence-electron chi connectivity index (χ1n) is 10.8. The van der Waals surface area contributed by atoms with Crippen LogP contribution in [0.1, 0.15) is 32.9 Å². The van der Waals surface area contributed by atoms with Crippen LogP contribution in [0.15, 0.2) is 48.5 Å². The van der Waals surface area contributed by atoms with Crippen LogP contribution in [0, 0.1) is 29.8 Å². The molecule has 1 aliphatic rings. The lowest BCUT2D eigenvalue weighted by atomic mass is 10.1. The van der Waals surface area contributed by atoms with E-state index in [1.165, 1.54) is 6.07 Å². The standard InChI is InChI=1S/C24H26FN5O3/c1-17-23(30(32)33)18(2)29(26-17)16-19-5-3-7-21(13-19)24(31)28-11-9-27(10-12-28)15-20-6-4-8-22(25)14-20/h3-8,13-14H,9-12,15-16H2,1-2H3. The molecular weight excluding hydrogens is 425 g/mol. The highest BCUT2D eigenvalue weighted by molar-refractivity contribution is 5.94. The summed E-state index contributed by atoms with van der Waals surface area (Å²) in [6, 6.07) is 13.9. The number of carbonyl (C=O) groups is 1. The van der Waals surface area contributed by atoms with Gasteiger partial charge in [-0.3, -0.25) is 24.5 Å². The minimum atomic E-state index is -0.415. The molecule has 33 heavy (non-hydrogen) atoms. The molecule has 3 aromatic rings. The highest BCUT2D eigenvalue weighted by Crippen LogP contribution is 2.23. The second-order valence-corrected chi connectivity index (χ2v) is 8.33. The van der Waals surface area contributed by atoms with Crippen molar-refractivity contribution in [3.8, 4) is 0 Å². The molecule has 0 spiro atoms. The number of halogens is 1. The van der Waals surface area contributed by atoms with Crippen LogP contribution in [0.5, 0.6) is 0 Å². The van der Waals surface area contributed by atoms with Crippen molar-refractivity contribution >= 4 is 11.6 Å². The van der Waals surface area contributed by atoms with Gasteiger partial charge in [0.2, 0.25) is 0 Å². The number of aromatic nitrogens is 2. The molecule has 0 atom stereocenters. The van der Waals surface area contributed by atoms with Gasteiger partial charge in [0.1, 0.15) is 17.2 Å². The van der Waals surface area contributed by atoms with Gasteiger partial charge in [-0.1, -0.05) is 24.3 Å². The molecule has 172 valence electrons. The molecule has 1 aromatic heterocycles. The quantitative estimate of drug-likeness (QED) is 0.423. The average molecular weight is 452 g/mol. The van der Waals surface area contributed by atoms with E-state index in [2.05, 4.69) is 10.00 Å². The second kappa shape index (κ2) is 9.50. The third kappa shape index (κ3) is 5.09. The van der Waals surface area contributed by atoms with Crippen molar-refractivity contribution in [1.82, 2.24) is 19.6 Å². The van der Waals surface area contributed by atoms with Gasteiger partial charge in [-0.15, -0.1) is 0 Å². The van der Waals surface area contributed by atoms with Crippen LogP contribution in [0.2, 0.25) is 0 Å². The molecule has 0 radical (unpaired) electrons. The molecule has 0 N–H and O–H groups in total. The zero-order chi connectivity index (χ0) is 23.5. The Morgan fingerprint density at radius 1 is 1.03 bits per heavy atom. The zero-order valence-corrected chi connectivity index (χ0v) is 18.7. The summed E-state index contributed by atoms with van der Waals surface area (Å²) in [6.07, 6.45) is 0. The van der Waals surface area contributed by atoms with Gasteiger partial charge >= 0.3 is 5.69 Å². The molecule has 1 saturated heterocycles. The molecule has 1 aliphatic heterocycles. The molecule has 0 bridgehead atoms. The predicted molar refractivity (Wildman–Crippen MR) is 121 cm³/mol. The third-order valence-corrected chi connectivity index (χ3v) is 5.99. The number of hydrogen-bond donors (Lipinski definition) is 0. The highest BCUT2D eigenvalue weighted by atomic mass is 19.1. The fourth-order valence-corrected chi connectivity index (χ4v) is 4.27. The largest absolute Gasteiger partial charge is 0.336 e. The van der Waals surface area contributed by atoms with E-state index in [-0.39, 0.29) is 17.4 Å². The van der Waals surface area contributed by atoms with Gasteiger partial charge in [0.15, 0.2) is 0 Å². The number of aryl methyl sites for hydroxylation is 1. The fourth-order valence-electron chi connectivity index (χ4n) is 4.27. The number of hydrogen-bond acceptors (Lipinski definition) is 5. The molecule has 0 saturated carbocycles. The van der Waals surface area contributed by atoms with Crippen LogP contribution in [0.3, 0.4) is 0 Å². The number of piperazine rings is 1. The van der Waals surface area contributed by atoms with E-state index in [1.54, 1.807) is 36.7 Å². The minimum absolute atomic E-state index is 0.0262. The SMILES string of the molecule is Cc1nn(Cc2cccc(C(=O)N3CCN(Cc4cccc(F)c4)CC3)c2)c(C)c1[N+](=O)[O-]. The van der Waals surface area contributed by atoms with Crippen LogP contribution >= 0.6 is 0 Å². The maximum absolute atomic E-state index is 13.4. The normalized spacial score (nSPS) is 14.5. The van der Waals surface area contributed by atoms with Gasteiger partial charge in [-0.2, -0.15) is 5.10 Å². The van der Waals surface area contributed by atoms with Crippen LogP contribution in [0.4, 0.5) is 10.1 Å². The molecule has 1 amide bonds. The van der Waals surface area contributed by atoms with E-state index in [0.717, 1.165) is 24.2 Å². The molecule has 1 fully saturated rings. The zero-order valence-electron chi connectivity index (χ0n) is 18.7. The third-order valence-electron chi connectivity index (χ3n) is 5.99. The molecule has 2 heterocycles. The first-order chi connectivity index (χ1) is 15.8. The fraction of sp³-hybridized carbons (Fsp3) is 0.333. The molecule has 0 unspecified atom stereocenters. The minimum Gasteiger partial charge on any atom is -0.336 e. The van der Waals surface area contributed by atoms with E-state index in [9.17, 15) is 19.3 Å². The Labute approximate surface area is 191 Å². The van der Waals surface area contributed by atoms with Crippen molar-refractivity contribution in [3.05, 3.63) is 92.5 Å². The molecule has 8 nitrogen and oxygen atoms in total. The van der Waals surface area contributed by atoms with E-state index >= 15 is 0 Å². The average Bonchev–Trinajstić information content (AvgIpc) is 3.07. The van der Waals surface area contributed by atoms with E-state index in [1.807, 2.05) is 29.2 Å². The lowest BCUT2D eigenvalue weighted by Crippen LogP contribution is -2.48. The lowest BCUT2D eigenvalue weighted by molar-refractivity contribution is -0.386. The van der Waals surface area contributed by atoms with Crippen molar-refractivity contribution < 1.29 is 14.1 Å². The van der Waals surface area contributed by atoms with E-state index < -0.39 is 4.92 Å². The van der Waals surface area contributed by atoms with Crippen molar-refractivity contribution in [3.63, 3.8) is 0 Å². The number of benzene rings is 2. The summed E-state index contributed by atoms with van der Waals surface area (Å²) >= 11 is 0. The summed E-state index contributed by atoms with van der Waals surface area (Å²) < 4.78 is 15.0. The number of rotatable bonds is 6. The maximum atomic E-state index is 13.4. The first-order valence-corrected chi connectivity index (χ1v) is 10.8.